The van der Waals surface area contributed by atoms with Gasteiger partial charge >= 0.3 is 6.03 Å². The number of hydrogen-bond acceptors (Lipinski definition) is 5. The maximum atomic E-state index is 12.8. The van der Waals surface area contributed by atoms with Gasteiger partial charge in [-0.2, -0.15) is 0 Å². The van der Waals surface area contributed by atoms with Gasteiger partial charge in [-0.05, 0) is 38.3 Å². The summed E-state index contributed by atoms with van der Waals surface area (Å²) < 4.78 is 1.63. The van der Waals surface area contributed by atoms with Gasteiger partial charge < -0.3 is 5.32 Å². The first-order valence-corrected chi connectivity index (χ1v) is 9.72. The van der Waals surface area contributed by atoms with E-state index in [1.54, 1.807) is 16.7 Å². The predicted molar refractivity (Wildman–Crippen MR) is 101 cm³/mol. The molecule has 0 unspecified atom stereocenters. The normalized spacial score (nSPS) is 14.8. The summed E-state index contributed by atoms with van der Waals surface area (Å²) in [4.78, 5) is 41.1. The van der Waals surface area contributed by atoms with Gasteiger partial charge in [0.1, 0.15) is 0 Å². The van der Waals surface area contributed by atoms with Crippen LogP contribution in [0, 0.1) is 0 Å². The lowest BCUT2D eigenvalue weighted by atomic mass is 10.2. The summed E-state index contributed by atoms with van der Waals surface area (Å²) in [5.41, 5.74) is 0.491. The zero-order valence-corrected chi connectivity index (χ0v) is 15.6. The van der Waals surface area contributed by atoms with E-state index in [2.05, 4.69) is 15.6 Å². The van der Waals surface area contributed by atoms with Crippen LogP contribution in [0.25, 0.3) is 10.9 Å². The molecule has 0 aliphatic heterocycles. The molecule has 0 saturated heterocycles. The molecule has 1 fully saturated rings. The zero-order valence-electron chi connectivity index (χ0n) is 14.8. The first kappa shape index (κ1) is 18.4. The van der Waals surface area contributed by atoms with Crippen molar-refractivity contribution in [1.29, 1.82) is 0 Å². The van der Waals surface area contributed by atoms with E-state index < -0.39 is 11.9 Å². The van der Waals surface area contributed by atoms with Crippen molar-refractivity contribution in [1.82, 2.24) is 20.2 Å². The molecule has 1 aliphatic rings. The van der Waals surface area contributed by atoms with Crippen LogP contribution in [-0.4, -0.2) is 33.3 Å². The number of amides is 3. The first-order valence-electron chi connectivity index (χ1n) is 8.74. The van der Waals surface area contributed by atoms with Crippen molar-refractivity contribution in [3.8, 4) is 0 Å². The van der Waals surface area contributed by atoms with Gasteiger partial charge in [-0.15, -0.1) is 0 Å². The lowest BCUT2D eigenvalue weighted by molar-refractivity contribution is -0.117. The molecule has 1 aliphatic carbocycles. The van der Waals surface area contributed by atoms with E-state index in [4.69, 9.17) is 0 Å². The zero-order chi connectivity index (χ0) is 18.7. The first-order chi connectivity index (χ1) is 12.5. The number of rotatable bonds is 6. The minimum Gasteiger partial charge on any atom is -0.335 e. The molecule has 0 bridgehead atoms. The third kappa shape index (κ3) is 4.24. The topological polar surface area (TPSA) is 93.1 Å². The minimum absolute atomic E-state index is 0.0132. The van der Waals surface area contributed by atoms with E-state index >= 15 is 0 Å². The van der Waals surface area contributed by atoms with E-state index in [0.717, 1.165) is 31.0 Å². The molecule has 1 atom stereocenters. The monoisotopic (exact) mass is 374 g/mol. The number of carbonyl (C=O) groups is 2. The molecule has 3 rings (SSSR count). The van der Waals surface area contributed by atoms with Crippen molar-refractivity contribution in [3.05, 3.63) is 34.6 Å². The largest absolute Gasteiger partial charge is 0.335 e. The number of aromatic nitrogens is 2. The summed E-state index contributed by atoms with van der Waals surface area (Å²) in [6.07, 6.45) is 2.68. The number of nitrogens with one attached hydrogen (secondary N) is 2. The predicted octanol–water partition coefficient (Wildman–Crippen LogP) is 2.45. The Labute approximate surface area is 155 Å². The molecule has 2 aromatic rings. The number of carbonyl (C=O) groups excluding carboxylic acids is 2. The Morgan fingerprint density at radius 2 is 2.08 bits per heavy atom. The lowest BCUT2D eigenvalue weighted by Crippen LogP contribution is -2.41. The summed E-state index contributed by atoms with van der Waals surface area (Å²) in [5.74, 6) is -0.398. The molecule has 1 aromatic carbocycles. The highest BCUT2D eigenvalue weighted by Gasteiger charge is 2.24. The number of fused-ring (bicyclic) bond motifs is 1. The molecule has 3 amide bonds. The van der Waals surface area contributed by atoms with Crippen LogP contribution in [0.2, 0.25) is 0 Å². The van der Waals surface area contributed by atoms with E-state index in [1.807, 2.05) is 26.0 Å². The van der Waals surface area contributed by atoms with Crippen LogP contribution < -0.4 is 16.2 Å². The maximum absolute atomic E-state index is 12.8. The van der Waals surface area contributed by atoms with Gasteiger partial charge in [0, 0.05) is 12.1 Å². The lowest BCUT2D eigenvalue weighted by Gasteiger charge is -2.18. The molecule has 8 heteroatoms. The van der Waals surface area contributed by atoms with Crippen LogP contribution >= 0.6 is 11.8 Å². The fraction of sp³-hybridized carbons (Fsp3) is 0.444. The van der Waals surface area contributed by atoms with E-state index in [9.17, 15) is 14.4 Å². The van der Waals surface area contributed by atoms with Gasteiger partial charge in [-0.3, -0.25) is 19.5 Å². The van der Waals surface area contributed by atoms with Crippen molar-refractivity contribution >= 4 is 34.6 Å². The number of benzene rings is 1. The molecule has 26 heavy (non-hydrogen) atoms. The number of nitrogens with zero attached hydrogens (tertiary/aromatic N) is 2. The van der Waals surface area contributed by atoms with Crippen LogP contribution in [0.1, 0.15) is 39.2 Å². The van der Waals surface area contributed by atoms with Crippen LogP contribution in [0.15, 0.2) is 34.2 Å². The molecule has 1 saturated carbocycles. The minimum atomic E-state index is -0.469. The number of imide groups is 1. The quantitative estimate of drug-likeness (QED) is 0.598. The molecule has 0 spiro atoms. The highest BCUT2D eigenvalue weighted by Crippen LogP contribution is 2.22. The summed E-state index contributed by atoms with van der Waals surface area (Å²) in [5, 5.41) is 6.06. The van der Waals surface area contributed by atoms with E-state index in [0.29, 0.717) is 16.1 Å². The van der Waals surface area contributed by atoms with Crippen LogP contribution in [0.4, 0.5) is 4.79 Å². The van der Waals surface area contributed by atoms with Crippen LogP contribution in [0.3, 0.4) is 0 Å². The summed E-state index contributed by atoms with van der Waals surface area (Å²) in [7, 11) is 0. The molecule has 7 nitrogen and oxygen atoms in total. The standard InChI is InChI=1S/C18H22N4O3S/c1-3-11(2)22-16(24)13-6-4-5-7-14(13)20-18(22)26-10-15(23)21-17(25)19-12-8-9-12/h4-7,11-12H,3,8-10H2,1-2H3,(H2,19,21,23,25)/t11-/m1/s1. The second-order valence-corrected chi connectivity index (χ2v) is 7.37. The Kier molecular flexibility index (Phi) is 5.61. The second kappa shape index (κ2) is 7.90. The summed E-state index contributed by atoms with van der Waals surface area (Å²) in [6.45, 7) is 3.95. The van der Waals surface area contributed by atoms with Crippen molar-refractivity contribution in [2.45, 2.75) is 50.4 Å². The Morgan fingerprint density at radius 1 is 1.35 bits per heavy atom. The molecule has 0 radical (unpaired) electrons. The number of urea groups is 1. The van der Waals surface area contributed by atoms with Gasteiger partial charge in [0.2, 0.25) is 5.91 Å². The van der Waals surface area contributed by atoms with E-state index in [1.165, 1.54) is 0 Å². The fourth-order valence-corrected chi connectivity index (χ4v) is 3.44. The average molecular weight is 374 g/mol. The highest BCUT2D eigenvalue weighted by molar-refractivity contribution is 7.99. The summed E-state index contributed by atoms with van der Waals surface area (Å²) in [6, 6.07) is 6.86. The Morgan fingerprint density at radius 3 is 2.77 bits per heavy atom. The average Bonchev–Trinajstić information content (AvgIpc) is 3.43. The van der Waals surface area contributed by atoms with Gasteiger partial charge in [0.25, 0.3) is 5.56 Å². The highest BCUT2D eigenvalue weighted by atomic mass is 32.2. The molecule has 138 valence electrons. The fourth-order valence-electron chi connectivity index (χ4n) is 2.54. The Bertz CT molecular complexity index is 892. The van der Waals surface area contributed by atoms with E-state index in [-0.39, 0.29) is 23.4 Å². The van der Waals surface area contributed by atoms with Crippen LogP contribution in [-0.2, 0) is 4.79 Å². The SMILES string of the molecule is CC[C@@H](C)n1c(SCC(=O)NC(=O)NC2CC2)nc2ccccc2c1=O. The van der Waals surface area contributed by atoms with Crippen molar-refractivity contribution in [2.75, 3.05) is 5.75 Å². The third-order valence-electron chi connectivity index (χ3n) is 4.30. The van der Waals surface area contributed by atoms with Crippen molar-refractivity contribution in [3.63, 3.8) is 0 Å². The van der Waals surface area contributed by atoms with Crippen molar-refractivity contribution in [2.24, 2.45) is 0 Å². The smallest absolute Gasteiger partial charge is 0.321 e. The van der Waals surface area contributed by atoms with Gasteiger partial charge in [0.15, 0.2) is 5.16 Å². The number of hydrogen-bond donors (Lipinski definition) is 2. The Hall–Kier alpha value is -2.35. The van der Waals surface area contributed by atoms with Gasteiger partial charge in [-0.1, -0.05) is 30.8 Å². The Balaban J connectivity index is 1.78. The van der Waals surface area contributed by atoms with Crippen molar-refractivity contribution < 1.29 is 9.59 Å². The maximum Gasteiger partial charge on any atom is 0.321 e. The molecule has 1 heterocycles. The molecule has 2 N–H and O–H groups in total. The number of thioether (sulfide) groups is 1. The second-order valence-electron chi connectivity index (χ2n) is 6.43. The number of para-hydroxylation sites is 1. The molecular formula is C18H22N4O3S. The third-order valence-corrected chi connectivity index (χ3v) is 5.26. The van der Waals surface area contributed by atoms with Gasteiger partial charge in [-0.25, -0.2) is 9.78 Å². The molecular weight excluding hydrogens is 352 g/mol. The summed E-state index contributed by atoms with van der Waals surface area (Å²) >= 11 is 1.16. The molecule has 1 aromatic heterocycles. The van der Waals surface area contributed by atoms with Crippen LogP contribution in [0.5, 0.6) is 0 Å². The van der Waals surface area contributed by atoms with Gasteiger partial charge in [0.05, 0.1) is 16.7 Å².